The monoisotopic (exact) mass is 460 g/mol. The number of nitrogens with zero attached hydrogens (tertiary/aromatic N) is 2. The fourth-order valence-corrected chi connectivity index (χ4v) is 3.08. The molecule has 25 heavy (non-hydrogen) atoms. The number of nitrogens with one attached hydrogen (secondary N) is 2. The Kier molecular flexibility index (Phi) is 10.4. The van der Waals surface area contributed by atoms with Gasteiger partial charge < -0.3 is 15.4 Å². The Hall–Kier alpha value is -0.860. The fraction of sp³-hybridized carbons (Fsp3) is 0.632. The van der Waals surface area contributed by atoms with E-state index in [4.69, 9.17) is 4.74 Å². The van der Waals surface area contributed by atoms with Gasteiger partial charge in [0.05, 0.1) is 12.2 Å². The maximum absolute atomic E-state index is 5.80. The Morgan fingerprint density at radius 1 is 1.12 bits per heavy atom. The molecule has 1 aromatic carbocycles. The molecule has 1 saturated heterocycles. The minimum atomic E-state index is 0. The summed E-state index contributed by atoms with van der Waals surface area (Å²) < 4.78 is 5.80. The predicted octanol–water partition coefficient (Wildman–Crippen LogP) is 2.99. The largest absolute Gasteiger partial charge is 0.373 e. The van der Waals surface area contributed by atoms with Crippen LogP contribution in [0.3, 0.4) is 0 Å². The fourth-order valence-electron chi connectivity index (χ4n) is 3.08. The Morgan fingerprint density at radius 2 is 1.72 bits per heavy atom. The van der Waals surface area contributed by atoms with Crippen molar-refractivity contribution in [2.24, 2.45) is 4.99 Å². The first-order valence-electron chi connectivity index (χ1n) is 9.00. The topological polar surface area (TPSA) is 48.9 Å². The van der Waals surface area contributed by atoms with Crippen molar-refractivity contribution in [2.45, 2.75) is 52.5 Å². The molecule has 0 amide bonds. The number of guanidine groups is 1. The molecular weight excluding hydrogens is 427 g/mol. The van der Waals surface area contributed by atoms with E-state index in [1.807, 2.05) is 0 Å². The third kappa shape index (κ3) is 7.92. The van der Waals surface area contributed by atoms with E-state index in [0.29, 0.717) is 12.2 Å². The van der Waals surface area contributed by atoms with Gasteiger partial charge in [-0.05, 0) is 31.4 Å². The molecule has 0 spiro atoms. The van der Waals surface area contributed by atoms with Crippen molar-refractivity contribution in [1.82, 2.24) is 15.5 Å². The smallest absolute Gasteiger partial charge is 0.191 e. The molecule has 6 heteroatoms. The third-order valence-corrected chi connectivity index (χ3v) is 4.15. The van der Waals surface area contributed by atoms with E-state index in [1.165, 1.54) is 11.1 Å². The SMILES string of the molecule is CCCNC(=NC)NCc1ccc(CN2CC(C)OC(C)C2)cc1.I. The lowest BCUT2D eigenvalue weighted by molar-refractivity contribution is -0.0704. The van der Waals surface area contributed by atoms with Crippen molar-refractivity contribution in [1.29, 1.82) is 0 Å². The molecule has 2 rings (SSSR count). The maximum atomic E-state index is 5.80. The molecule has 1 aromatic rings. The van der Waals surface area contributed by atoms with Crippen LogP contribution in [0.5, 0.6) is 0 Å². The summed E-state index contributed by atoms with van der Waals surface area (Å²) in [7, 11) is 1.80. The van der Waals surface area contributed by atoms with Gasteiger partial charge in [-0.15, -0.1) is 24.0 Å². The summed E-state index contributed by atoms with van der Waals surface area (Å²) in [6.45, 7) is 11.2. The van der Waals surface area contributed by atoms with E-state index >= 15 is 0 Å². The molecule has 1 aliphatic rings. The standard InChI is InChI=1S/C19H32N4O.HI/c1-5-10-21-19(20-4)22-11-17-6-8-18(9-7-17)14-23-12-15(2)24-16(3)13-23;/h6-9,15-16H,5,10-14H2,1-4H3,(H2,20,21,22);1H. The summed E-state index contributed by atoms with van der Waals surface area (Å²) in [6, 6.07) is 8.85. The minimum Gasteiger partial charge on any atom is -0.373 e. The van der Waals surface area contributed by atoms with Crippen LogP contribution in [-0.2, 0) is 17.8 Å². The van der Waals surface area contributed by atoms with Crippen molar-refractivity contribution < 1.29 is 4.74 Å². The zero-order chi connectivity index (χ0) is 17.4. The number of aliphatic imine (C=N–C) groups is 1. The molecule has 2 unspecified atom stereocenters. The Labute approximate surface area is 169 Å². The molecule has 142 valence electrons. The molecule has 1 fully saturated rings. The van der Waals surface area contributed by atoms with Crippen molar-refractivity contribution in [3.63, 3.8) is 0 Å². The van der Waals surface area contributed by atoms with Gasteiger partial charge in [-0.1, -0.05) is 31.2 Å². The Morgan fingerprint density at radius 3 is 2.28 bits per heavy atom. The quantitative estimate of drug-likeness (QED) is 0.390. The second-order valence-corrected chi connectivity index (χ2v) is 6.62. The summed E-state index contributed by atoms with van der Waals surface area (Å²) in [5, 5.41) is 6.63. The molecule has 0 aromatic heterocycles. The van der Waals surface area contributed by atoms with Crippen LogP contribution < -0.4 is 10.6 Å². The zero-order valence-corrected chi connectivity index (χ0v) is 18.2. The second-order valence-electron chi connectivity index (χ2n) is 6.62. The zero-order valence-electron chi connectivity index (χ0n) is 15.9. The van der Waals surface area contributed by atoms with Gasteiger partial charge >= 0.3 is 0 Å². The van der Waals surface area contributed by atoms with Crippen LogP contribution >= 0.6 is 24.0 Å². The molecule has 0 saturated carbocycles. The van der Waals surface area contributed by atoms with E-state index in [1.54, 1.807) is 7.05 Å². The molecule has 0 radical (unpaired) electrons. The molecule has 5 nitrogen and oxygen atoms in total. The molecule has 1 heterocycles. The second kappa shape index (κ2) is 11.7. The lowest BCUT2D eigenvalue weighted by atomic mass is 10.1. The first-order valence-corrected chi connectivity index (χ1v) is 9.00. The molecule has 1 aliphatic heterocycles. The van der Waals surface area contributed by atoms with Crippen LogP contribution in [0.15, 0.2) is 29.3 Å². The van der Waals surface area contributed by atoms with E-state index in [2.05, 4.69) is 65.6 Å². The molecular formula is C19H33IN4O. The minimum absolute atomic E-state index is 0. The van der Waals surface area contributed by atoms with Crippen molar-refractivity contribution in [2.75, 3.05) is 26.7 Å². The first-order chi connectivity index (χ1) is 11.6. The van der Waals surface area contributed by atoms with Gasteiger partial charge in [0.15, 0.2) is 5.96 Å². The average molecular weight is 460 g/mol. The number of morpholine rings is 1. The van der Waals surface area contributed by atoms with E-state index < -0.39 is 0 Å². The van der Waals surface area contributed by atoms with E-state index in [-0.39, 0.29) is 24.0 Å². The highest BCUT2D eigenvalue weighted by Crippen LogP contribution is 2.14. The van der Waals surface area contributed by atoms with Crippen LogP contribution in [-0.4, -0.2) is 49.7 Å². The normalized spacial score (nSPS) is 21.5. The lowest BCUT2D eigenvalue weighted by Crippen LogP contribution is -2.44. The van der Waals surface area contributed by atoms with Gasteiger partial charge in [0.2, 0.25) is 0 Å². The summed E-state index contributed by atoms with van der Waals surface area (Å²) in [6.07, 6.45) is 1.73. The highest BCUT2D eigenvalue weighted by Gasteiger charge is 2.21. The number of halogens is 1. The number of benzene rings is 1. The average Bonchev–Trinajstić information content (AvgIpc) is 2.55. The first kappa shape index (κ1) is 22.2. The van der Waals surface area contributed by atoms with Crippen LogP contribution in [0.2, 0.25) is 0 Å². The Balaban J connectivity index is 0.00000312. The van der Waals surface area contributed by atoms with Gasteiger partial charge in [-0.25, -0.2) is 0 Å². The summed E-state index contributed by atoms with van der Waals surface area (Å²) in [5.41, 5.74) is 2.62. The predicted molar refractivity (Wildman–Crippen MR) is 116 cm³/mol. The Bertz CT molecular complexity index is 511. The van der Waals surface area contributed by atoms with Crippen molar-refractivity contribution >= 4 is 29.9 Å². The van der Waals surface area contributed by atoms with Crippen molar-refractivity contribution in [3.8, 4) is 0 Å². The van der Waals surface area contributed by atoms with Gasteiger partial charge in [0.25, 0.3) is 0 Å². The van der Waals surface area contributed by atoms with Gasteiger partial charge in [0.1, 0.15) is 0 Å². The third-order valence-electron chi connectivity index (χ3n) is 4.15. The lowest BCUT2D eigenvalue weighted by Gasteiger charge is -2.35. The maximum Gasteiger partial charge on any atom is 0.191 e. The number of hydrogen-bond acceptors (Lipinski definition) is 3. The van der Waals surface area contributed by atoms with Gasteiger partial charge in [-0.3, -0.25) is 9.89 Å². The van der Waals surface area contributed by atoms with Crippen LogP contribution in [0.25, 0.3) is 0 Å². The van der Waals surface area contributed by atoms with Crippen LogP contribution in [0.1, 0.15) is 38.3 Å². The van der Waals surface area contributed by atoms with Crippen LogP contribution in [0.4, 0.5) is 0 Å². The van der Waals surface area contributed by atoms with Crippen LogP contribution in [0, 0.1) is 0 Å². The number of hydrogen-bond donors (Lipinski definition) is 2. The number of ether oxygens (including phenoxy) is 1. The molecule has 0 bridgehead atoms. The highest BCUT2D eigenvalue weighted by molar-refractivity contribution is 14.0. The van der Waals surface area contributed by atoms with Crippen molar-refractivity contribution in [3.05, 3.63) is 35.4 Å². The summed E-state index contributed by atoms with van der Waals surface area (Å²) >= 11 is 0. The summed E-state index contributed by atoms with van der Waals surface area (Å²) in [5.74, 6) is 0.859. The highest BCUT2D eigenvalue weighted by atomic mass is 127. The summed E-state index contributed by atoms with van der Waals surface area (Å²) in [4.78, 5) is 6.70. The van der Waals surface area contributed by atoms with Gasteiger partial charge in [-0.2, -0.15) is 0 Å². The molecule has 2 atom stereocenters. The molecule has 2 N–H and O–H groups in total. The number of rotatable bonds is 6. The van der Waals surface area contributed by atoms with E-state index in [0.717, 1.165) is 45.1 Å². The van der Waals surface area contributed by atoms with Gasteiger partial charge in [0, 0.05) is 39.8 Å². The van der Waals surface area contributed by atoms with E-state index in [9.17, 15) is 0 Å². The molecule has 0 aliphatic carbocycles.